The summed E-state index contributed by atoms with van der Waals surface area (Å²) in [5, 5.41) is 13.1. The number of rotatable bonds is 3. The van der Waals surface area contributed by atoms with Gasteiger partial charge in [0.2, 0.25) is 0 Å². The molecule has 0 bridgehead atoms. The minimum atomic E-state index is -0.806. The molecule has 0 spiro atoms. The molecule has 1 saturated carbocycles. The van der Waals surface area contributed by atoms with Crippen LogP contribution in [0.1, 0.15) is 48.6 Å². The molecule has 0 atom stereocenters. The van der Waals surface area contributed by atoms with Gasteiger partial charge in [0, 0.05) is 18.7 Å². The molecule has 1 aromatic heterocycles. The highest BCUT2D eigenvalue weighted by atomic mass is 16.4. The van der Waals surface area contributed by atoms with Gasteiger partial charge in [0.05, 0.1) is 12.1 Å². The molecule has 1 aromatic rings. The predicted molar refractivity (Wildman–Crippen MR) is 60.5 cm³/mol. The van der Waals surface area contributed by atoms with E-state index in [9.17, 15) is 4.79 Å². The van der Waals surface area contributed by atoms with Crippen molar-refractivity contribution < 1.29 is 9.90 Å². The summed E-state index contributed by atoms with van der Waals surface area (Å²) in [4.78, 5) is 10.7. The molecule has 1 aliphatic carbocycles. The summed E-state index contributed by atoms with van der Waals surface area (Å²) >= 11 is 0. The Kier molecular flexibility index (Phi) is 2.99. The largest absolute Gasteiger partial charge is 0.481 e. The summed E-state index contributed by atoms with van der Waals surface area (Å²) in [7, 11) is 1.92. The first kappa shape index (κ1) is 11.2. The molecule has 88 valence electrons. The second-order valence-electron chi connectivity index (χ2n) is 4.63. The molecule has 1 heterocycles. The summed E-state index contributed by atoms with van der Waals surface area (Å²) in [5.41, 5.74) is 3.04. The first-order chi connectivity index (χ1) is 7.59. The minimum absolute atomic E-state index is 0.0341. The topological polar surface area (TPSA) is 55.1 Å². The maximum absolute atomic E-state index is 10.7. The second-order valence-corrected chi connectivity index (χ2v) is 4.63. The van der Waals surface area contributed by atoms with E-state index in [-0.39, 0.29) is 6.42 Å². The van der Waals surface area contributed by atoms with Gasteiger partial charge in [0.1, 0.15) is 0 Å². The lowest BCUT2D eigenvalue weighted by molar-refractivity contribution is -0.136. The number of aliphatic carboxylic acids is 1. The molecule has 0 amide bonds. The molecule has 1 N–H and O–H groups in total. The molecule has 0 saturated heterocycles. The van der Waals surface area contributed by atoms with Crippen LogP contribution in [0.2, 0.25) is 0 Å². The number of nitrogens with zero attached hydrogens (tertiary/aromatic N) is 2. The van der Waals surface area contributed by atoms with Gasteiger partial charge in [0.25, 0.3) is 0 Å². The van der Waals surface area contributed by atoms with Gasteiger partial charge in [-0.25, -0.2) is 0 Å². The molecule has 0 radical (unpaired) electrons. The molecule has 4 nitrogen and oxygen atoms in total. The van der Waals surface area contributed by atoms with Crippen LogP contribution in [0.15, 0.2) is 0 Å². The van der Waals surface area contributed by atoms with Crippen molar-refractivity contribution in [2.45, 2.75) is 44.9 Å². The summed E-state index contributed by atoms with van der Waals surface area (Å²) in [5.74, 6) is -0.223. The molecule has 1 aliphatic rings. The van der Waals surface area contributed by atoms with E-state index >= 15 is 0 Å². The van der Waals surface area contributed by atoms with Crippen molar-refractivity contribution in [2.75, 3.05) is 0 Å². The Hall–Kier alpha value is -1.32. The van der Waals surface area contributed by atoms with Gasteiger partial charge in [-0.15, -0.1) is 0 Å². The van der Waals surface area contributed by atoms with Crippen LogP contribution in [-0.4, -0.2) is 20.9 Å². The Bertz CT molecular complexity index is 403. The van der Waals surface area contributed by atoms with Crippen molar-refractivity contribution in [3.05, 3.63) is 17.0 Å². The molecular formula is C12H18N2O2. The minimum Gasteiger partial charge on any atom is -0.481 e. The summed E-state index contributed by atoms with van der Waals surface area (Å²) < 4.78 is 1.88. The normalized spacial score (nSPS) is 16.9. The fourth-order valence-electron chi connectivity index (χ4n) is 2.78. The number of carboxylic acid groups (broad SMARTS) is 1. The van der Waals surface area contributed by atoms with Crippen molar-refractivity contribution in [3.8, 4) is 0 Å². The van der Waals surface area contributed by atoms with Crippen LogP contribution in [0.3, 0.4) is 0 Å². The van der Waals surface area contributed by atoms with Crippen LogP contribution in [0.4, 0.5) is 0 Å². The Morgan fingerprint density at radius 1 is 1.50 bits per heavy atom. The maximum atomic E-state index is 10.7. The highest BCUT2D eigenvalue weighted by Gasteiger charge is 2.24. The average molecular weight is 222 g/mol. The molecule has 1 fully saturated rings. The second kappa shape index (κ2) is 4.28. The van der Waals surface area contributed by atoms with Crippen LogP contribution < -0.4 is 0 Å². The van der Waals surface area contributed by atoms with Gasteiger partial charge in [-0.2, -0.15) is 5.10 Å². The third kappa shape index (κ3) is 1.96. The molecule has 0 aromatic carbocycles. The maximum Gasteiger partial charge on any atom is 0.309 e. The van der Waals surface area contributed by atoms with Crippen molar-refractivity contribution in [1.29, 1.82) is 0 Å². The van der Waals surface area contributed by atoms with Crippen LogP contribution in [0, 0.1) is 6.92 Å². The quantitative estimate of drug-likeness (QED) is 0.851. The number of aryl methyl sites for hydroxylation is 1. The first-order valence-corrected chi connectivity index (χ1v) is 5.83. The van der Waals surface area contributed by atoms with Crippen LogP contribution >= 0.6 is 0 Å². The predicted octanol–water partition coefficient (Wildman–Crippen LogP) is 2.01. The molecule has 16 heavy (non-hydrogen) atoms. The lowest BCUT2D eigenvalue weighted by atomic mass is 9.99. The van der Waals surface area contributed by atoms with E-state index in [2.05, 4.69) is 5.10 Å². The fourth-order valence-corrected chi connectivity index (χ4v) is 2.78. The van der Waals surface area contributed by atoms with Crippen LogP contribution in [0.25, 0.3) is 0 Å². The Balaban J connectivity index is 2.30. The van der Waals surface area contributed by atoms with E-state index in [4.69, 9.17) is 5.11 Å². The number of hydrogen-bond donors (Lipinski definition) is 1. The Labute approximate surface area is 95.3 Å². The SMILES string of the molecule is Cc1c(CC(=O)O)nn(C)c1C1CCCC1. The highest BCUT2D eigenvalue weighted by Crippen LogP contribution is 2.36. The molecular weight excluding hydrogens is 204 g/mol. The first-order valence-electron chi connectivity index (χ1n) is 5.83. The average Bonchev–Trinajstić information content (AvgIpc) is 2.76. The lowest BCUT2D eigenvalue weighted by Crippen LogP contribution is -2.03. The summed E-state index contributed by atoms with van der Waals surface area (Å²) in [6.07, 6.45) is 5.03. The number of aromatic nitrogens is 2. The third-order valence-electron chi connectivity index (χ3n) is 3.50. The van der Waals surface area contributed by atoms with Crippen molar-refractivity contribution in [2.24, 2.45) is 7.05 Å². The van der Waals surface area contributed by atoms with E-state index in [0.717, 1.165) is 11.3 Å². The number of carboxylic acids is 1. The highest BCUT2D eigenvalue weighted by molar-refractivity contribution is 5.70. The van der Waals surface area contributed by atoms with Gasteiger partial charge < -0.3 is 5.11 Å². The van der Waals surface area contributed by atoms with Gasteiger partial charge in [-0.1, -0.05) is 12.8 Å². The lowest BCUT2D eigenvalue weighted by Gasteiger charge is -2.10. The van der Waals surface area contributed by atoms with Crippen molar-refractivity contribution >= 4 is 5.97 Å². The zero-order valence-electron chi connectivity index (χ0n) is 9.86. The van der Waals surface area contributed by atoms with Gasteiger partial charge in [0.15, 0.2) is 0 Å². The van der Waals surface area contributed by atoms with E-state index in [0.29, 0.717) is 5.92 Å². The summed E-state index contributed by atoms with van der Waals surface area (Å²) in [6.45, 7) is 2.00. The smallest absolute Gasteiger partial charge is 0.309 e. The fraction of sp³-hybridized carbons (Fsp3) is 0.667. The zero-order valence-corrected chi connectivity index (χ0v) is 9.86. The number of hydrogen-bond acceptors (Lipinski definition) is 2. The molecule has 4 heteroatoms. The molecule has 0 aliphatic heterocycles. The molecule has 0 unspecified atom stereocenters. The standard InChI is InChI=1S/C12H18N2O2/c1-8-10(7-11(15)16)13-14(2)12(8)9-5-3-4-6-9/h9H,3-7H2,1-2H3,(H,15,16). The van der Waals surface area contributed by atoms with Crippen LogP contribution in [0.5, 0.6) is 0 Å². The Morgan fingerprint density at radius 2 is 2.12 bits per heavy atom. The number of carbonyl (C=O) groups is 1. The van der Waals surface area contributed by atoms with E-state index in [1.807, 2.05) is 18.7 Å². The monoisotopic (exact) mass is 222 g/mol. The van der Waals surface area contributed by atoms with E-state index < -0.39 is 5.97 Å². The zero-order chi connectivity index (χ0) is 11.7. The van der Waals surface area contributed by atoms with E-state index in [1.165, 1.54) is 31.4 Å². The van der Waals surface area contributed by atoms with Crippen molar-refractivity contribution in [3.63, 3.8) is 0 Å². The van der Waals surface area contributed by atoms with Gasteiger partial charge >= 0.3 is 5.97 Å². The third-order valence-corrected chi connectivity index (χ3v) is 3.50. The van der Waals surface area contributed by atoms with E-state index in [1.54, 1.807) is 0 Å². The Morgan fingerprint density at radius 3 is 2.69 bits per heavy atom. The van der Waals surface area contributed by atoms with Gasteiger partial charge in [-0.05, 0) is 25.3 Å². The van der Waals surface area contributed by atoms with Gasteiger partial charge in [-0.3, -0.25) is 9.48 Å². The molecule has 2 rings (SSSR count). The van der Waals surface area contributed by atoms with Crippen molar-refractivity contribution in [1.82, 2.24) is 9.78 Å². The summed E-state index contributed by atoms with van der Waals surface area (Å²) in [6, 6.07) is 0. The van der Waals surface area contributed by atoms with Crippen LogP contribution in [-0.2, 0) is 18.3 Å².